The van der Waals surface area contributed by atoms with Gasteiger partial charge in [0, 0.05) is 18.5 Å². The van der Waals surface area contributed by atoms with E-state index in [0.717, 1.165) is 18.5 Å². The van der Waals surface area contributed by atoms with Crippen molar-refractivity contribution in [2.75, 3.05) is 18.5 Å². The maximum absolute atomic E-state index is 5.51. The molecule has 0 aromatic rings. The second kappa shape index (κ2) is 12.4. The van der Waals surface area contributed by atoms with Gasteiger partial charge in [0.05, 0.1) is 0 Å². The van der Waals surface area contributed by atoms with Crippen LogP contribution in [0.3, 0.4) is 0 Å². The second-order valence-corrected chi connectivity index (χ2v) is 4.22. The molecule has 0 amide bonds. The first-order chi connectivity index (χ1) is 6.41. The maximum Gasteiger partial charge on any atom is 0.0466 e. The predicted molar refractivity (Wildman–Crippen MR) is 62.6 cm³/mol. The molecule has 0 fully saturated rings. The van der Waals surface area contributed by atoms with E-state index in [4.69, 9.17) is 4.74 Å². The van der Waals surface area contributed by atoms with Gasteiger partial charge in [-0.15, -0.1) is 0 Å². The first-order valence-electron chi connectivity index (χ1n) is 5.55. The Kier molecular flexibility index (Phi) is 12.9. The van der Waals surface area contributed by atoms with Gasteiger partial charge in [0.2, 0.25) is 0 Å². The summed E-state index contributed by atoms with van der Waals surface area (Å²) in [5.74, 6) is 0. The number of hydrogen-bond donors (Lipinski definition) is 0. The molecule has 80 valence electrons. The molecule has 0 saturated heterocycles. The van der Waals surface area contributed by atoms with Crippen molar-refractivity contribution in [3.05, 3.63) is 0 Å². The Labute approximate surface area is 91.4 Å². The van der Waals surface area contributed by atoms with Gasteiger partial charge >= 0.3 is 0 Å². The van der Waals surface area contributed by atoms with Crippen LogP contribution in [0.5, 0.6) is 0 Å². The summed E-state index contributed by atoms with van der Waals surface area (Å²) < 4.78 is 5.51. The lowest BCUT2D eigenvalue weighted by molar-refractivity contribution is 0.126. The van der Waals surface area contributed by atoms with E-state index < -0.39 is 0 Å². The van der Waals surface area contributed by atoms with Crippen LogP contribution in [0.15, 0.2) is 0 Å². The van der Waals surface area contributed by atoms with Crippen molar-refractivity contribution < 1.29 is 4.74 Å². The van der Waals surface area contributed by atoms with Gasteiger partial charge < -0.3 is 4.74 Å². The Morgan fingerprint density at radius 2 is 1.46 bits per heavy atom. The van der Waals surface area contributed by atoms with Crippen molar-refractivity contribution in [2.24, 2.45) is 0 Å². The molecule has 0 rings (SSSR count). The molecule has 0 aromatic heterocycles. The summed E-state index contributed by atoms with van der Waals surface area (Å²) in [5, 5.41) is 1.13. The van der Waals surface area contributed by atoms with E-state index in [9.17, 15) is 0 Å². The van der Waals surface area contributed by atoms with E-state index in [1.54, 1.807) is 0 Å². The number of rotatable bonds is 10. The Balaban J connectivity index is 2.76. The van der Waals surface area contributed by atoms with Crippen molar-refractivity contribution in [1.82, 2.24) is 0 Å². The van der Waals surface area contributed by atoms with Gasteiger partial charge in [0.25, 0.3) is 0 Å². The van der Waals surface area contributed by atoms with Crippen LogP contribution >= 0.6 is 15.9 Å². The van der Waals surface area contributed by atoms with E-state index in [1.165, 1.54) is 44.9 Å². The summed E-state index contributed by atoms with van der Waals surface area (Å²) in [6.45, 7) is 4.16. The van der Waals surface area contributed by atoms with E-state index in [0.29, 0.717) is 0 Å². The molecular formula is C11H23BrO. The number of unbranched alkanes of at least 4 members (excludes halogenated alkanes) is 5. The fourth-order valence-electron chi connectivity index (χ4n) is 1.21. The maximum atomic E-state index is 5.51. The molecule has 0 bridgehead atoms. The molecule has 2 heteroatoms. The van der Waals surface area contributed by atoms with Crippen molar-refractivity contribution in [3.8, 4) is 0 Å². The van der Waals surface area contributed by atoms with E-state index >= 15 is 0 Å². The molecule has 0 aliphatic heterocycles. The smallest absolute Gasteiger partial charge is 0.0466 e. The third kappa shape index (κ3) is 12.4. The topological polar surface area (TPSA) is 9.23 Å². The predicted octanol–water partition coefficient (Wildman–Crippen LogP) is 4.15. The minimum atomic E-state index is 0.957. The largest absolute Gasteiger partial charge is 0.381 e. The van der Waals surface area contributed by atoms with Gasteiger partial charge in [0.1, 0.15) is 0 Å². The summed E-state index contributed by atoms with van der Waals surface area (Å²) in [4.78, 5) is 0. The number of hydrogen-bond acceptors (Lipinski definition) is 1. The van der Waals surface area contributed by atoms with Gasteiger partial charge in [0.15, 0.2) is 0 Å². The lowest BCUT2D eigenvalue weighted by Crippen LogP contribution is -1.97. The summed E-state index contributed by atoms with van der Waals surface area (Å²) in [6.07, 6.45) is 9.03. The van der Waals surface area contributed by atoms with Gasteiger partial charge in [-0.2, -0.15) is 0 Å². The molecule has 0 aromatic carbocycles. The molecule has 0 aliphatic rings. The molecule has 13 heavy (non-hydrogen) atoms. The van der Waals surface area contributed by atoms with E-state index in [1.807, 2.05) is 0 Å². The molecule has 0 N–H and O–H groups in total. The van der Waals surface area contributed by atoms with Crippen LogP contribution in [-0.2, 0) is 4.74 Å². The highest BCUT2D eigenvalue weighted by molar-refractivity contribution is 9.09. The van der Waals surface area contributed by atoms with E-state index in [2.05, 4.69) is 22.9 Å². The zero-order valence-corrected chi connectivity index (χ0v) is 10.4. The van der Waals surface area contributed by atoms with Crippen LogP contribution < -0.4 is 0 Å². The first kappa shape index (κ1) is 13.4. The van der Waals surface area contributed by atoms with Crippen molar-refractivity contribution in [2.45, 2.75) is 51.9 Å². The molecule has 0 unspecified atom stereocenters. The zero-order valence-electron chi connectivity index (χ0n) is 8.86. The Hall–Kier alpha value is 0.440. The minimum Gasteiger partial charge on any atom is -0.381 e. The average Bonchev–Trinajstić information content (AvgIpc) is 2.16. The zero-order chi connectivity index (χ0) is 9.78. The van der Waals surface area contributed by atoms with Gasteiger partial charge in [-0.05, 0) is 19.3 Å². The van der Waals surface area contributed by atoms with Crippen LogP contribution in [0.25, 0.3) is 0 Å². The van der Waals surface area contributed by atoms with Gasteiger partial charge in [-0.25, -0.2) is 0 Å². The molecule has 0 saturated carbocycles. The van der Waals surface area contributed by atoms with Crippen LogP contribution in [-0.4, -0.2) is 18.5 Å². The van der Waals surface area contributed by atoms with Crippen molar-refractivity contribution >= 4 is 15.9 Å². The third-order valence-corrected chi connectivity index (χ3v) is 2.63. The molecule has 1 nitrogen and oxygen atoms in total. The highest BCUT2D eigenvalue weighted by atomic mass is 79.9. The monoisotopic (exact) mass is 250 g/mol. The molecule has 0 spiro atoms. The number of ether oxygens (including phenoxy) is 1. The molecular weight excluding hydrogens is 228 g/mol. The SMILES string of the molecule is CCCCCCOCCCCCBr. The molecule has 0 radical (unpaired) electrons. The van der Waals surface area contributed by atoms with E-state index in [-0.39, 0.29) is 0 Å². The van der Waals surface area contributed by atoms with Crippen LogP contribution in [0.1, 0.15) is 51.9 Å². The van der Waals surface area contributed by atoms with Crippen molar-refractivity contribution in [3.63, 3.8) is 0 Å². The summed E-state index contributed by atoms with van der Waals surface area (Å²) >= 11 is 3.42. The summed E-state index contributed by atoms with van der Waals surface area (Å²) in [5.41, 5.74) is 0. The number of halogens is 1. The molecule has 0 atom stereocenters. The second-order valence-electron chi connectivity index (χ2n) is 3.42. The molecule has 0 heterocycles. The minimum absolute atomic E-state index is 0.957. The van der Waals surface area contributed by atoms with Gasteiger partial charge in [-0.3, -0.25) is 0 Å². The fraction of sp³-hybridized carbons (Fsp3) is 1.00. The lowest BCUT2D eigenvalue weighted by atomic mass is 10.2. The molecule has 0 aliphatic carbocycles. The Bertz CT molecular complexity index is 76.2. The van der Waals surface area contributed by atoms with Crippen molar-refractivity contribution in [1.29, 1.82) is 0 Å². The summed E-state index contributed by atoms with van der Waals surface area (Å²) in [6, 6.07) is 0. The fourth-order valence-corrected chi connectivity index (χ4v) is 1.60. The van der Waals surface area contributed by atoms with Crippen LogP contribution in [0, 0.1) is 0 Å². The first-order valence-corrected chi connectivity index (χ1v) is 6.67. The highest BCUT2D eigenvalue weighted by Gasteiger charge is 1.90. The van der Waals surface area contributed by atoms with Gasteiger partial charge in [-0.1, -0.05) is 48.5 Å². The number of alkyl halides is 1. The summed E-state index contributed by atoms with van der Waals surface area (Å²) in [7, 11) is 0. The standard InChI is InChI=1S/C11H23BrO/c1-2-3-4-7-10-13-11-8-5-6-9-12/h2-11H2,1H3. The third-order valence-electron chi connectivity index (χ3n) is 2.06. The van der Waals surface area contributed by atoms with Crippen LogP contribution in [0.2, 0.25) is 0 Å². The normalized spacial score (nSPS) is 10.6. The Morgan fingerprint density at radius 3 is 2.00 bits per heavy atom. The quantitative estimate of drug-likeness (QED) is 0.418. The average molecular weight is 251 g/mol. The lowest BCUT2D eigenvalue weighted by Gasteiger charge is -2.02. The Morgan fingerprint density at radius 1 is 0.846 bits per heavy atom. The highest BCUT2D eigenvalue weighted by Crippen LogP contribution is 2.01. The van der Waals surface area contributed by atoms with Crippen LogP contribution in [0.4, 0.5) is 0 Å².